The number of hydrogen-bond acceptors (Lipinski definition) is 7. The van der Waals surface area contributed by atoms with Gasteiger partial charge in [0.1, 0.15) is 0 Å². The molecular formula is C56H110O7. The number of methoxy groups -OCH3 is 2. The van der Waals surface area contributed by atoms with Crippen LogP contribution in [0.3, 0.4) is 0 Å². The molecule has 0 aromatic carbocycles. The molecule has 2 unspecified atom stereocenters. The zero-order valence-corrected chi connectivity index (χ0v) is 43.2. The van der Waals surface area contributed by atoms with Gasteiger partial charge in [0.25, 0.3) is 0 Å². The first kappa shape index (κ1) is 62.2. The monoisotopic (exact) mass is 895 g/mol. The Bertz CT molecular complexity index is 795. The molecule has 0 aliphatic rings. The summed E-state index contributed by atoms with van der Waals surface area (Å²) < 4.78 is 42.0. The summed E-state index contributed by atoms with van der Waals surface area (Å²) in [4.78, 5) is 0. The van der Waals surface area contributed by atoms with Gasteiger partial charge in [0.15, 0.2) is 25.2 Å². The molecule has 0 N–H and O–H groups in total. The Hall–Kier alpha value is -0.800. The zero-order valence-electron chi connectivity index (χ0n) is 43.2. The van der Waals surface area contributed by atoms with Gasteiger partial charge in [-0.25, -0.2) is 0 Å². The van der Waals surface area contributed by atoms with Gasteiger partial charge in [0.2, 0.25) is 0 Å². The van der Waals surface area contributed by atoms with Crippen molar-refractivity contribution in [2.24, 2.45) is 0 Å². The highest BCUT2D eigenvalue weighted by Crippen LogP contribution is 2.17. The molecule has 0 aromatic rings. The van der Waals surface area contributed by atoms with Crippen molar-refractivity contribution in [3.63, 3.8) is 0 Å². The van der Waals surface area contributed by atoms with Gasteiger partial charge in [-0.2, -0.15) is 0 Å². The van der Waals surface area contributed by atoms with Crippen LogP contribution in [0.4, 0.5) is 0 Å². The van der Waals surface area contributed by atoms with Gasteiger partial charge >= 0.3 is 0 Å². The maximum absolute atomic E-state index is 6.20. The number of allylic oxidation sites excluding steroid dienone is 2. The van der Waals surface area contributed by atoms with E-state index in [2.05, 4.69) is 39.8 Å². The SMILES string of the molecule is CCCCCCCOC(CCCCCCCCCC=CC(OC)OC(C=CCCCCCCCCCC(OCCCCCCC)OCCCCCCC)OC)OCCCCCCC. The minimum atomic E-state index is -0.405. The van der Waals surface area contributed by atoms with Crippen LogP contribution in [-0.2, 0) is 33.2 Å². The molecule has 0 saturated carbocycles. The van der Waals surface area contributed by atoms with Crippen molar-refractivity contribution >= 4 is 0 Å². The van der Waals surface area contributed by atoms with E-state index in [4.69, 9.17) is 33.2 Å². The Labute approximate surface area is 393 Å². The summed E-state index contributed by atoms with van der Waals surface area (Å²) in [7, 11) is 3.39. The van der Waals surface area contributed by atoms with E-state index in [1.807, 2.05) is 12.2 Å². The molecule has 0 bridgehead atoms. The Morgan fingerprint density at radius 2 is 0.556 bits per heavy atom. The molecule has 0 saturated heterocycles. The molecule has 2 atom stereocenters. The van der Waals surface area contributed by atoms with Crippen molar-refractivity contribution in [1.82, 2.24) is 0 Å². The molecule has 63 heavy (non-hydrogen) atoms. The normalized spacial score (nSPS) is 13.2. The van der Waals surface area contributed by atoms with Crippen LogP contribution in [0.25, 0.3) is 0 Å². The fraction of sp³-hybridized carbons (Fsp3) is 0.929. The van der Waals surface area contributed by atoms with E-state index in [1.165, 1.54) is 193 Å². The summed E-state index contributed by atoms with van der Waals surface area (Å²) in [6.45, 7) is 12.4. The Balaban J connectivity index is 4.10. The fourth-order valence-corrected chi connectivity index (χ4v) is 7.93. The number of hydrogen-bond donors (Lipinski definition) is 0. The van der Waals surface area contributed by atoms with Crippen molar-refractivity contribution in [3.05, 3.63) is 24.3 Å². The molecule has 0 aromatic heterocycles. The first-order valence-corrected chi connectivity index (χ1v) is 27.7. The Morgan fingerprint density at radius 3 is 0.841 bits per heavy atom. The Morgan fingerprint density at radius 1 is 0.302 bits per heavy atom. The highest BCUT2D eigenvalue weighted by molar-refractivity contribution is 4.89. The van der Waals surface area contributed by atoms with E-state index in [0.717, 1.165) is 77.8 Å². The largest absolute Gasteiger partial charge is 0.353 e. The minimum absolute atomic E-state index is 0.0133. The maximum Gasteiger partial charge on any atom is 0.179 e. The zero-order chi connectivity index (χ0) is 45.8. The quantitative estimate of drug-likeness (QED) is 0.0342. The number of rotatable bonds is 54. The lowest BCUT2D eigenvalue weighted by molar-refractivity contribution is -0.188. The molecule has 0 radical (unpaired) electrons. The molecule has 0 spiro atoms. The predicted molar refractivity (Wildman–Crippen MR) is 270 cm³/mol. The molecule has 0 amide bonds. The van der Waals surface area contributed by atoms with Crippen LogP contribution in [-0.4, -0.2) is 65.8 Å². The third-order valence-electron chi connectivity index (χ3n) is 12.1. The van der Waals surface area contributed by atoms with Gasteiger partial charge in [0, 0.05) is 40.6 Å². The molecular weight excluding hydrogens is 785 g/mol. The van der Waals surface area contributed by atoms with Crippen molar-refractivity contribution in [1.29, 1.82) is 0 Å². The van der Waals surface area contributed by atoms with Gasteiger partial charge in [-0.3, -0.25) is 0 Å². The van der Waals surface area contributed by atoms with E-state index in [1.54, 1.807) is 14.2 Å². The average molecular weight is 895 g/mol. The molecule has 0 fully saturated rings. The summed E-state index contributed by atoms with van der Waals surface area (Å²) in [5.41, 5.74) is 0. The maximum atomic E-state index is 6.20. The first-order chi connectivity index (χ1) is 31.1. The van der Waals surface area contributed by atoms with Gasteiger partial charge in [-0.05, 0) is 89.2 Å². The topological polar surface area (TPSA) is 64.6 Å². The van der Waals surface area contributed by atoms with Crippen LogP contribution in [0, 0.1) is 0 Å². The van der Waals surface area contributed by atoms with E-state index in [9.17, 15) is 0 Å². The third-order valence-corrected chi connectivity index (χ3v) is 12.1. The molecule has 0 aliphatic heterocycles. The molecule has 0 rings (SSSR count). The molecule has 7 heteroatoms. The fourth-order valence-electron chi connectivity index (χ4n) is 7.93. The molecule has 0 aliphatic carbocycles. The summed E-state index contributed by atoms with van der Waals surface area (Å²) in [6, 6.07) is 0. The van der Waals surface area contributed by atoms with E-state index in [0.29, 0.717) is 0 Å². The highest BCUT2D eigenvalue weighted by Gasteiger charge is 2.12. The summed E-state index contributed by atoms with van der Waals surface area (Å²) >= 11 is 0. The van der Waals surface area contributed by atoms with Crippen LogP contribution in [0.2, 0.25) is 0 Å². The van der Waals surface area contributed by atoms with Gasteiger partial charge in [-0.1, -0.05) is 207 Å². The summed E-state index contributed by atoms with van der Waals surface area (Å²) in [6.07, 6.45) is 55.0. The van der Waals surface area contributed by atoms with Gasteiger partial charge in [0.05, 0.1) is 0 Å². The third kappa shape index (κ3) is 47.5. The predicted octanol–water partition coefficient (Wildman–Crippen LogP) is 17.7. The van der Waals surface area contributed by atoms with Crippen LogP contribution in [0.15, 0.2) is 24.3 Å². The minimum Gasteiger partial charge on any atom is -0.353 e. The van der Waals surface area contributed by atoms with Crippen molar-refractivity contribution in [3.8, 4) is 0 Å². The van der Waals surface area contributed by atoms with Crippen LogP contribution in [0.5, 0.6) is 0 Å². The van der Waals surface area contributed by atoms with Gasteiger partial charge < -0.3 is 33.2 Å². The lowest BCUT2D eigenvalue weighted by atomic mass is 10.1. The van der Waals surface area contributed by atoms with Crippen LogP contribution >= 0.6 is 0 Å². The average Bonchev–Trinajstić information content (AvgIpc) is 3.30. The second-order valence-electron chi connectivity index (χ2n) is 18.3. The van der Waals surface area contributed by atoms with Crippen LogP contribution < -0.4 is 0 Å². The first-order valence-electron chi connectivity index (χ1n) is 27.7. The van der Waals surface area contributed by atoms with Crippen molar-refractivity contribution in [2.75, 3.05) is 40.6 Å². The lowest BCUT2D eigenvalue weighted by Gasteiger charge is -2.19. The summed E-state index contributed by atoms with van der Waals surface area (Å²) in [5.74, 6) is 0. The molecule has 0 heterocycles. The molecule has 7 nitrogen and oxygen atoms in total. The van der Waals surface area contributed by atoms with E-state index < -0.39 is 12.6 Å². The second-order valence-corrected chi connectivity index (χ2v) is 18.3. The number of unbranched alkanes of at least 4 members (excludes halogenated alkanes) is 30. The molecule has 376 valence electrons. The summed E-state index contributed by atoms with van der Waals surface area (Å²) in [5, 5.41) is 0. The van der Waals surface area contributed by atoms with Crippen molar-refractivity contribution in [2.45, 2.75) is 297 Å². The number of ether oxygens (including phenoxy) is 7. The second kappa shape index (κ2) is 53.8. The van der Waals surface area contributed by atoms with Crippen LogP contribution in [0.1, 0.15) is 272 Å². The standard InChI is InChI=1S/C56H110O7/c1-7-11-15-33-41-49-59-55(60-50-42-34-16-12-8-2)47-39-31-27-23-19-21-25-29-37-45-53(57-5)63-54(58-6)46-38-30-26-22-20-24-28-32-40-48-56(61-51-43-35-17-13-9-3)62-52-44-36-18-14-10-4/h37-38,45-46,53-56H,7-36,39-44,47-52H2,1-6H3. The van der Waals surface area contributed by atoms with Crippen molar-refractivity contribution < 1.29 is 33.2 Å². The Kier molecular flexibility index (Phi) is 53.1. The van der Waals surface area contributed by atoms with Gasteiger partial charge in [-0.15, -0.1) is 0 Å². The highest BCUT2D eigenvalue weighted by atomic mass is 16.8. The van der Waals surface area contributed by atoms with E-state index >= 15 is 0 Å². The lowest BCUT2D eigenvalue weighted by Crippen LogP contribution is -2.22. The smallest absolute Gasteiger partial charge is 0.179 e. The van der Waals surface area contributed by atoms with E-state index in [-0.39, 0.29) is 12.6 Å².